The molecule has 3 heterocycles. The van der Waals surface area contributed by atoms with Crippen molar-refractivity contribution in [2.24, 2.45) is 5.73 Å². The Kier molecular flexibility index (Phi) is 6.49. The zero-order valence-corrected chi connectivity index (χ0v) is 21.5. The van der Waals surface area contributed by atoms with Crippen LogP contribution >= 0.6 is 0 Å². The zero-order chi connectivity index (χ0) is 28.8. The highest BCUT2D eigenvalue weighted by Gasteiger charge is 2.32. The SMILES string of the molecule is Cc1cn(-c2cc(-c3c(C(N)=O)ccc(C)c3NC(=O)N(C)c3ncnc4[nH]ccc34)cc(C(F)(F)F)c2)cn1. The number of H-pyrrole nitrogens is 1. The van der Waals surface area contributed by atoms with Gasteiger partial charge in [-0.05, 0) is 55.3 Å². The van der Waals surface area contributed by atoms with E-state index in [1.807, 2.05) is 0 Å². The second-order valence-corrected chi connectivity index (χ2v) is 9.16. The standard InChI is InChI=1S/C27H23F3N8O2/c1-14-4-5-19(23(31)39)21(16-8-17(27(28,29)30)10-18(9-16)38-11-15(2)35-13-38)22(14)36-26(40)37(3)25-20-6-7-32-24(20)33-12-34-25/h4-13H,1-3H3,(H2,31,39)(H,36,40)(H,32,33,34). The number of benzene rings is 2. The molecule has 40 heavy (non-hydrogen) atoms. The van der Waals surface area contributed by atoms with Crippen LogP contribution in [0.2, 0.25) is 0 Å². The second-order valence-electron chi connectivity index (χ2n) is 9.16. The molecule has 0 spiro atoms. The highest BCUT2D eigenvalue weighted by atomic mass is 19.4. The van der Waals surface area contributed by atoms with E-state index < -0.39 is 23.7 Å². The number of aromatic nitrogens is 5. The van der Waals surface area contributed by atoms with Crippen LogP contribution in [0.1, 0.15) is 27.2 Å². The topological polar surface area (TPSA) is 135 Å². The number of nitrogens with zero attached hydrogens (tertiary/aromatic N) is 5. The van der Waals surface area contributed by atoms with Gasteiger partial charge in [0.05, 0.1) is 28.7 Å². The molecule has 2 aromatic carbocycles. The normalized spacial score (nSPS) is 11.6. The molecule has 3 aromatic heterocycles. The van der Waals surface area contributed by atoms with E-state index in [9.17, 15) is 22.8 Å². The lowest BCUT2D eigenvalue weighted by atomic mass is 9.92. The van der Waals surface area contributed by atoms with Crippen molar-refractivity contribution >= 4 is 34.5 Å². The number of aryl methyl sites for hydroxylation is 2. The number of alkyl halides is 3. The van der Waals surface area contributed by atoms with Gasteiger partial charge in [-0.25, -0.2) is 19.7 Å². The smallest absolute Gasteiger partial charge is 0.366 e. The van der Waals surface area contributed by atoms with E-state index in [1.54, 1.807) is 38.4 Å². The number of urea groups is 1. The molecular weight excluding hydrogens is 525 g/mol. The Morgan fingerprint density at radius 1 is 1.07 bits per heavy atom. The Hall–Kier alpha value is -5.20. The van der Waals surface area contributed by atoms with Crippen LogP contribution in [0, 0.1) is 13.8 Å². The summed E-state index contributed by atoms with van der Waals surface area (Å²) in [7, 11) is 1.49. The number of hydrogen-bond donors (Lipinski definition) is 3. The molecule has 0 aliphatic carbocycles. The van der Waals surface area contributed by atoms with Gasteiger partial charge in [0.25, 0.3) is 0 Å². The molecule has 0 radical (unpaired) electrons. The third kappa shape index (κ3) is 4.84. The lowest BCUT2D eigenvalue weighted by Gasteiger charge is -2.22. The summed E-state index contributed by atoms with van der Waals surface area (Å²) in [6.45, 7) is 3.37. The number of halogens is 3. The predicted octanol–water partition coefficient (Wildman–Crippen LogP) is 5.21. The number of anilines is 2. The number of fused-ring (bicyclic) bond motifs is 1. The first-order valence-corrected chi connectivity index (χ1v) is 11.9. The van der Waals surface area contributed by atoms with Crippen molar-refractivity contribution in [3.8, 4) is 16.8 Å². The Morgan fingerprint density at radius 2 is 1.85 bits per heavy atom. The molecule has 0 aliphatic rings. The minimum atomic E-state index is -4.70. The first kappa shape index (κ1) is 26.4. The van der Waals surface area contributed by atoms with E-state index in [1.165, 1.54) is 41.3 Å². The number of carbonyl (C=O) groups is 2. The molecule has 0 aliphatic heterocycles. The summed E-state index contributed by atoms with van der Waals surface area (Å²) >= 11 is 0. The van der Waals surface area contributed by atoms with Crippen molar-refractivity contribution in [3.05, 3.63) is 83.8 Å². The van der Waals surface area contributed by atoms with Gasteiger partial charge in [0.2, 0.25) is 5.91 Å². The summed E-state index contributed by atoms with van der Waals surface area (Å²) in [5.74, 6) is -0.577. The number of amides is 3. The average molecular weight is 549 g/mol. The fraction of sp³-hybridized carbons (Fsp3) is 0.148. The van der Waals surface area contributed by atoms with E-state index in [2.05, 4.69) is 25.3 Å². The second kappa shape index (κ2) is 9.84. The molecule has 0 bridgehead atoms. The first-order chi connectivity index (χ1) is 18.9. The molecular formula is C27H23F3N8O2. The van der Waals surface area contributed by atoms with Gasteiger partial charge in [0.1, 0.15) is 17.8 Å². The van der Waals surface area contributed by atoms with Gasteiger partial charge < -0.3 is 20.6 Å². The summed E-state index contributed by atoms with van der Waals surface area (Å²) in [4.78, 5) is 42.5. The highest BCUT2D eigenvalue weighted by Crippen LogP contribution is 2.40. The Labute approximate surface area is 225 Å². The average Bonchev–Trinajstić information content (AvgIpc) is 3.57. The van der Waals surface area contributed by atoms with Crippen LogP contribution in [-0.2, 0) is 6.18 Å². The van der Waals surface area contributed by atoms with Gasteiger partial charge in [0.15, 0.2) is 0 Å². The van der Waals surface area contributed by atoms with Crippen LogP contribution in [-0.4, -0.2) is 43.5 Å². The van der Waals surface area contributed by atoms with Gasteiger partial charge in [-0.3, -0.25) is 9.69 Å². The quantitative estimate of drug-likeness (QED) is 0.277. The molecule has 0 atom stereocenters. The van der Waals surface area contributed by atoms with Gasteiger partial charge in [-0.1, -0.05) is 6.07 Å². The molecule has 3 amide bonds. The lowest BCUT2D eigenvalue weighted by molar-refractivity contribution is -0.137. The first-order valence-electron chi connectivity index (χ1n) is 11.9. The summed E-state index contributed by atoms with van der Waals surface area (Å²) in [5, 5.41) is 3.34. The largest absolute Gasteiger partial charge is 0.416 e. The summed E-state index contributed by atoms with van der Waals surface area (Å²) in [5.41, 5.74) is 6.62. The predicted molar refractivity (Wildman–Crippen MR) is 143 cm³/mol. The van der Waals surface area contributed by atoms with E-state index in [-0.39, 0.29) is 28.1 Å². The van der Waals surface area contributed by atoms with Gasteiger partial charge in [-0.15, -0.1) is 0 Å². The van der Waals surface area contributed by atoms with Crippen LogP contribution < -0.4 is 16.0 Å². The van der Waals surface area contributed by atoms with Crippen molar-refractivity contribution in [1.29, 1.82) is 0 Å². The van der Waals surface area contributed by atoms with Crippen LogP contribution in [0.25, 0.3) is 27.8 Å². The number of imidazole rings is 1. The molecule has 0 saturated carbocycles. The van der Waals surface area contributed by atoms with E-state index >= 15 is 0 Å². The molecule has 0 fully saturated rings. The minimum Gasteiger partial charge on any atom is -0.366 e. The van der Waals surface area contributed by atoms with Crippen molar-refractivity contribution in [3.63, 3.8) is 0 Å². The van der Waals surface area contributed by atoms with E-state index in [4.69, 9.17) is 5.73 Å². The molecule has 5 rings (SSSR count). The number of aromatic amines is 1. The molecule has 204 valence electrons. The maximum atomic E-state index is 14.0. The Morgan fingerprint density at radius 3 is 2.52 bits per heavy atom. The monoisotopic (exact) mass is 548 g/mol. The van der Waals surface area contributed by atoms with E-state index in [0.717, 1.165) is 12.1 Å². The van der Waals surface area contributed by atoms with Crippen LogP contribution in [0.5, 0.6) is 0 Å². The minimum absolute atomic E-state index is 0.0293. The molecule has 10 nitrogen and oxygen atoms in total. The number of carbonyl (C=O) groups excluding carboxylic acids is 2. The van der Waals surface area contributed by atoms with Gasteiger partial charge in [-0.2, -0.15) is 13.2 Å². The molecule has 0 unspecified atom stereocenters. The highest BCUT2D eigenvalue weighted by molar-refractivity contribution is 6.10. The summed E-state index contributed by atoms with van der Waals surface area (Å²) in [6, 6.07) is 7.41. The fourth-order valence-electron chi connectivity index (χ4n) is 4.42. The van der Waals surface area contributed by atoms with Crippen molar-refractivity contribution in [2.75, 3.05) is 17.3 Å². The Balaban J connectivity index is 1.67. The third-order valence-electron chi connectivity index (χ3n) is 6.41. The summed E-state index contributed by atoms with van der Waals surface area (Å²) in [6.07, 6.45) is 1.22. The fourth-order valence-corrected chi connectivity index (χ4v) is 4.42. The van der Waals surface area contributed by atoms with Crippen molar-refractivity contribution in [2.45, 2.75) is 20.0 Å². The molecule has 13 heteroatoms. The van der Waals surface area contributed by atoms with Crippen LogP contribution in [0.4, 0.5) is 29.5 Å². The number of primary amides is 1. The lowest BCUT2D eigenvalue weighted by Crippen LogP contribution is -2.32. The van der Waals surface area contributed by atoms with Crippen molar-refractivity contribution < 1.29 is 22.8 Å². The number of nitrogens with one attached hydrogen (secondary N) is 2. The van der Waals surface area contributed by atoms with Gasteiger partial charge in [0, 0.05) is 36.3 Å². The van der Waals surface area contributed by atoms with Gasteiger partial charge >= 0.3 is 12.2 Å². The number of nitrogens with two attached hydrogens (primary N) is 1. The molecule has 4 N–H and O–H groups in total. The maximum Gasteiger partial charge on any atom is 0.416 e. The van der Waals surface area contributed by atoms with Crippen LogP contribution in [0.15, 0.2) is 61.4 Å². The number of rotatable bonds is 5. The summed E-state index contributed by atoms with van der Waals surface area (Å²) < 4.78 is 43.5. The Bertz CT molecular complexity index is 1770. The van der Waals surface area contributed by atoms with Crippen molar-refractivity contribution in [1.82, 2.24) is 24.5 Å². The number of hydrogen-bond acceptors (Lipinski definition) is 5. The van der Waals surface area contributed by atoms with Crippen LogP contribution in [0.3, 0.4) is 0 Å². The molecule has 0 saturated heterocycles. The third-order valence-corrected chi connectivity index (χ3v) is 6.41. The maximum absolute atomic E-state index is 14.0. The zero-order valence-electron chi connectivity index (χ0n) is 21.5. The molecule has 5 aromatic rings. The van der Waals surface area contributed by atoms with E-state index in [0.29, 0.717) is 28.1 Å².